The van der Waals surface area contributed by atoms with Crippen LogP contribution in [-0.2, 0) is 9.53 Å². The van der Waals surface area contributed by atoms with Gasteiger partial charge in [0.25, 0.3) is 5.91 Å². The molecule has 158 valence electrons. The van der Waals surface area contributed by atoms with Crippen molar-refractivity contribution >= 4 is 17.4 Å². The van der Waals surface area contributed by atoms with Gasteiger partial charge in [0.2, 0.25) is 11.4 Å². The summed E-state index contributed by atoms with van der Waals surface area (Å²) in [4.78, 5) is 30.7. The first-order chi connectivity index (χ1) is 14.8. The van der Waals surface area contributed by atoms with E-state index in [0.717, 1.165) is 11.1 Å². The van der Waals surface area contributed by atoms with Gasteiger partial charge in [0.15, 0.2) is 0 Å². The maximum absolute atomic E-state index is 12.4. The molecule has 0 saturated carbocycles. The number of fused-ring (bicyclic) bond motifs is 1. The van der Waals surface area contributed by atoms with Crippen molar-refractivity contribution in [2.75, 3.05) is 20.2 Å². The summed E-state index contributed by atoms with van der Waals surface area (Å²) in [6, 6.07) is 12.9. The van der Waals surface area contributed by atoms with E-state index in [-0.39, 0.29) is 24.3 Å². The number of carbonyl (C=O) groups is 2. The van der Waals surface area contributed by atoms with Crippen molar-refractivity contribution in [3.63, 3.8) is 0 Å². The van der Waals surface area contributed by atoms with Gasteiger partial charge in [-0.15, -0.1) is 0 Å². The van der Waals surface area contributed by atoms with E-state index in [9.17, 15) is 14.7 Å². The van der Waals surface area contributed by atoms with Gasteiger partial charge in [0.1, 0.15) is 0 Å². The molecule has 0 radical (unpaired) electrons. The molecule has 4 rings (SSSR count). The number of likely N-dealkylation sites (tertiary alicyclic amines) is 1. The second kappa shape index (κ2) is 7.89. The Morgan fingerprint density at radius 2 is 2.13 bits per heavy atom. The minimum absolute atomic E-state index is 0.201. The summed E-state index contributed by atoms with van der Waals surface area (Å²) in [5, 5.41) is 10.8. The van der Waals surface area contributed by atoms with E-state index >= 15 is 0 Å². The van der Waals surface area contributed by atoms with Gasteiger partial charge in [0.05, 0.1) is 17.8 Å². The number of imidazole rings is 1. The monoisotopic (exact) mass is 417 g/mol. The lowest BCUT2D eigenvalue weighted by Crippen LogP contribution is -2.40. The third-order valence-corrected chi connectivity index (χ3v) is 5.47. The molecule has 1 saturated heterocycles. The molecule has 2 atom stereocenters. The molecule has 3 heterocycles. The van der Waals surface area contributed by atoms with Crippen molar-refractivity contribution in [3.05, 3.63) is 60.0 Å². The van der Waals surface area contributed by atoms with Gasteiger partial charge in [-0.05, 0) is 31.2 Å². The van der Waals surface area contributed by atoms with Crippen molar-refractivity contribution in [2.45, 2.75) is 19.4 Å². The van der Waals surface area contributed by atoms with Crippen LogP contribution in [0.5, 0.6) is 0 Å². The molecule has 1 amide bonds. The van der Waals surface area contributed by atoms with Gasteiger partial charge in [-0.3, -0.25) is 9.20 Å². The van der Waals surface area contributed by atoms with Gasteiger partial charge in [-0.2, -0.15) is 0 Å². The van der Waals surface area contributed by atoms with Crippen LogP contribution >= 0.6 is 0 Å². The number of ether oxygens (including phenoxy) is 1. The number of amides is 1. The zero-order chi connectivity index (χ0) is 22.2. The number of carbonyl (C=O) groups excluding carboxylic acids is 2. The lowest BCUT2D eigenvalue weighted by molar-refractivity contribution is -0.138. The fourth-order valence-corrected chi connectivity index (χ4v) is 3.81. The van der Waals surface area contributed by atoms with E-state index in [0.29, 0.717) is 17.8 Å². The third-order valence-electron chi connectivity index (χ3n) is 5.47. The summed E-state index contributed by atoms with van der Waals surface area (Å²) < 4.78 is 6.83. The van der Waals surface area contributed by atoms with Gasteiger partial charge < -0.3 is 14.7 Å². The zero-order valence-corrected chi connectivity index (χ0v) is 17.6. The van der Waals surface area contributed by atoms with Crippen LogP contribution in [0.25, 0.3) is 16.8 Å². The first-order valence-corrected chi connectivity index (χ1v) is 10.1. The lowest BCUT2D eigenvalue weighted by atomic mass is 9.92. The highest BCUT2D eigenvalue weighted by Crippen LogP contribution is 2.28. The lowest BCUT2D eigenvalue weighted by Gasteiger charge is -2.17. The molecular weight excluding hydrogens is 394 g/mol. The van der Waals surface area contributed by atoms with Crippen molar-refractivity contribution in [2.24, 2.45) is 5.92 Å². The summed E-state index contributed by atoms with van der Waals surface area (Å²) in [7, 11) is 1.66. The van der Waals surface area contributed by atoms with Gasteiger partial charge in [0, 0.05) is 36.8 Å². The first kappa shape index (κ1) is 20.6. The zero-order valence-electron chi connectivity index (χ0n) is 17.6. The molecule has 1 aromatic carbocycles. The fraction of sp³-hybridized carbons (Fsp3) is 0.292. The topological polar surface area (TPSA) is 84.1 Å². The highest BCUT2D eigenvalue weighted by Gasteiger charge is 2.48. The second-order valence-electron chi connectivity index (χ2n) is 7.64. The summed E-state index contributed by atoms with van der Waals surface area (Å²) in [5.41, 5.74) is 1.09. The van der Waals surface area contributed by atoms with Crippen LogP contribution in [0.1, 0.15) is 30.0 Å². The van der Waals surface area contributed by atoms with Crippen LogP contribution in [0.2, 0.25) is 0 Å². The molecule has 7 nitrogen and oxygen atoms in total. The molecule has 3 aromatic rings. The molecular formula is C24H23N3O4. The number of benzene rings is 1. The maximum Gasteiger partial charge on any atom is 0.374 e. The number of hydrogen-bond acceptors (Lipinski definition) is 5. The largest absolute Gasteiger partial charge is 0.460 e. The van der Waals surface area contributed by atoms with Crippen LogP contribution in [0.4, 0.5) is 0 Å². The molecule has 0 bridgehead atoms. The summed E-state index contributed by atoms with van der Waals surface area (Å²) in [6.45, 7) is 4.27. The van der Waals surface area contributed by atoms with Crippen molar-refractivity contribution in [3.8, 4) is 23.1 Å². The van der Waals surface area contributed by atoms with E-state index in [1.54, 1.807) is 37.6 Å². The molecule has 1 fully saturated rings. The quantitative estimate of drug-likeness (QED) is 0.523. The number of nitrogens with zero attached hydrogens (tertiary/aromatic N) is 3. The standard InChI is InChI=1S/C24H23N3O4/c1-4-31-22(28)21-25-20(19-10-5-6-13-27(19)21)18-9-7-8-17(14-18)11-12-24(30)16(2)15-26(3)23(24)29/h5-10,13-14,16,30H,4,15H2,1-3H3. The Labute approximate surface area is 180 Å². The number of hydrogen-bond donors (Lipinski definition) is 1. The van der Waals surface area contributed by atoms with Gasteiger partial charge >= 0.3 is 5.97 Å². The van der Waals surface area contributed by atoms with Crippen LogP contribution in [0.15, 0.2) is 48.7 Å². The average molecular weight is 417 g/mol. The Morgan fingerprint density at radius 1 is 1.32 bits per heavy atom. The highest BCUT2D eigenvalue weighted by molar-refractivity contribution is 5.92. The van der Waals surface area contributed by atoms with Crippen molar-refractivity contribution < 1.29 is 19.4 Å². The van der Waals surface area contributed by atoms with E-state index in [1.165, 1.54) is 4.90 Å². The SMILES string of the molecule is CCOC(=O)c1nc(-c2cccc(C#CC3(O)C(=O)N(C)CC3C)c2)c2ccccn12. The van der Waals surface area contributed by atoms with E-state index in [4.69, 9.17) is 4.74 Å². The molecule has 1 aliphatic heterocycles. The Morgan fingerprint density at radius 3 is 2.84 bits per heavy atom. The number of pyridine rings is 1. The predicted octanol–water partition coefficient (Wildman–Crippen LogP) is 2.37. The first-order valence-electron chi connectivity index (χ1n) is 10.1. The average Bonchev–Trinajstić information content (AvgIpc) is 3.25. The Hall–Kier alpha value is -3.63. The second-order valence-corrected chi connectivity index (χ2v) is 7.64. The number of esters is 1. The van der Waals surface area contributed by atoms with Gasteiger partial charge in [-0.1, -0.05) is 37.0 Å². The molecule has 31 heavy (non-hydrogen) atoms. The molecule has 0 spiro atoms. The van der Waals surface area contributed by atoms with Crippen LogP contribution in [-0.4, -0.2) is 57.1 Å². The van der Waals surface area contributed by atoms with Crippen LogP contribution in [0, 0.1) is 17.8 Å². The van der Waals surface area contributed by atoms with Crippen LogP contribution in [0.3, 0.4) is 0 Å². The Bertz CT molecular complexity index is 1240. The number of aliphatic hydroxyl groups is 1. The summed E-state index contributed by atoms with van der Waals surface area (Å²) >= 11 is 0. The van der Waals surface area contributed by atoms with E-state index in [1.807, 2.05) is 36.4 Å². The van der Waals surface area contributed by atoms with E-state index < -0.39 is 11.6 Å². The number of likely N-dealkylation sites (N-methyl/N-ethyl adjacent to an activating group) is 1. The molecule has 0 aliphatic carbocycles. The molecule has 7 heteroatoms. The van der Waals surface area contributed by atoms with Crippen LogP contribution < -0.4 is 0 Å². The number of rotatable bonds is 3. The highest BCUT2D eigenvalue weighted by atomic mass is 16.5. The molecule has 2 aromatic heterocycles. The Kier molecular flexibility index (Phi) is 5.25. The normalized spacial score (nSPS) is 20.6. The number of aromatic nitrogens is 2. The van der Waals surface area contributed by atoms with Crippen molar-refractivity contribution in [1.29, 1.82) is 0 Å². The molecule has 2 unspecified atom stereocenters. The smallest absolute Gasteiger partial charge is 0.374 e. The third kappa shape index (κ3) is 3.56. The minimum Gasteiger partial charge on any atom is -0.460 e. The maximum atomic E-state index is 12.4. The summed E-state index contributed by atoms with van der Waals surface area (Å²) in [5.74, 6) is 4.75. The minimum atomic E-state index is -1.69. The van der Waals surface area contributed by atoms with E-state index in [2.05, 4.69) is 16.8 Å². The summed E-state index contributed by atoms with van der Waals surface area (Å²) in [6.07, 6.45) is 1.76. The van der Waals surface area contributed by atoms with Gasteiger partial charge in [-0.25, -0.2) is 9.78 Å². The molecule has 1 N–H and O–H groups in total. The fourth-order valence-electron chi connectivity index (χ4n) is 3.81. The van der Waals surface area contributed by atoms with Crippen molar-refractivity contribution in [1.82, 2.24) is 14.3 Å². The Balaban J connectivity index is 1.75. The predicted molar refractivity (Wildman–Crippen MR) is 115 cm³/mol. The molecule has 1 aliphatic rings.